The molecule has 1 aromatic carbocycles. The summed E-state index contributed by atoms with van der Waals surface area (Å²) in [5.41, 5.74) is 7.14. The molecule has 0 saturated carbocycles. The lowest BCUT2D eigenvalue weighted by molar-refractivity contribution is 0.0416. The molecule has 0 bridgehead atoms. The van der Waals surface area contributed by atoms with Gasteiger partial charge in [0.1, 0.15) is 0 Å². The van der Waals surface area contributed by atoms with Crippen LogP contribution in [-0.2, 0) is 10.2 Å². The van der Waals surface area contributed by atoms with Crippen molar-refractivity contribution in [1.29, 1.82) is 0 Å². The molecule has 0 amide bonds. The summed E-state index contributed by atoms with van der Waals surface area (Å²) in [6, 6.07) is 7.77. The summed E-state index contributed by atoms with van der Waals surface area (Å²) in [6.07, 6.45) is 2.63. The van der Waals surface area contributed by atoms with E-state index in [0.29, 0.717) is 0 Å². The lowest BCUT2D eigenvalue weighted by Crippen LogP contribution is -2.41. The molecule has 1 heterocycles. The van der Waals surface area contributed by atoms with Crippen molar-refractivity contribution in [3.8, 4) is 0 Å². The van der Waals surface area contributed by atoms with E-state index in [4.69, 9.17) is 22.1 Å². The zero-order chi connectivity index (χ0) is 13.0. The first-order chi connectivity index (χ1) is 8.66. The van der Waals surface area contributed by atoms with Crippen LogP contribution in [0.25, 0.3) is 0 Å². The molecule has 1 aliphatic rings. The first-order valence-electron chi connectivity index (χ1n) is 6.36. The van der Waals surface area contributed by atoms with E-state index in [1.165, 1.54) is 5.56 Å². The third kappa shape index (κ3) is 4.07. The second-order valence-corrected chi connectivity index (χ2v) is 5.49. The maximum absolute atomic E-state index is 9.20. The number of benzene rings is 1. The lowest BCUT2D eigenvalue weighted by Gasteiger charge is -2.39. The summed E-state index contributed by atoms with van der Waals surface area (Å²) in [7, 11) is 0. The molecule has 1 aromatic rings. The first-order valence-corrected chi connectivity index (χ1v) is 6.74. The van der Waals surface area contributed by atoms with Gasteiger partial charge in [0.2, 0.25) is 0 Å². The Hall–Kier alpha value is -0.320. The standard InChI is InChI=1S/C14H20ClNO2.ClH/c15-12-3-1-2-11(8-12)14(9-13(16)10-17)4-6-18-7-5-14;/h1-3,8,13,17H,4-7,9-10,16H2;1H. The van der Waals surface area contributed by atoms with Crippen LogP contribution in [0.5, 0.6) is 0 Å². The summed E-state index contributed by atoms with van der Waals surface area (Å²) in [5.74, 6) is 0. The normalized spacial score (nSPS) is 19.5. The fourth-order valence-corrected chi connectivity index (χ4v) is 2.95. The predicted octanol–water partition coefficient (Wildman–Crippen LogP) is 2.52. The van der Waals surface area contributed by atoms with Crippen molar-refractivity contribution in [2.24, 2.45) is 5.73 Å². The van der Waals surface area contributed by atoms with E-state index in [1.807, 2.05) is 18.2 Å². The van der Waals surface area contributed by atoms with Crippen LogP contribution in [0.15, 0.2) is 24.3 Å². The lowest BCUT2D eigenvalue weighted by atomic mass is 9.70. The molecule has 3 N–H and O–H groups in total. The molecule has 1 unspecified atom stereocenters. The number of aliphatic hydroxyl groups is 1. The molecule has 5 heteroatoms. The van der Waals surface area contributed by atoms with Gasteiger partial charge in [-0.3, -0.25) is 0 Å². The number of nitrogens with two attached hydrogens (primary N) is 1. The number of hydrogen-bond acceptors (Lipinski definition) is 3. The van der Waals surface area contributed by atoms with Crippen LogP contribution in [0, 0.1) is 0 Å². The molecule has 1 atom stereocenters. The van der Waals surface area contributed by atoms with Crippen molar-refractivity contribution in [3.63, 3.8) is 0 Å². The van der Waals surface area contributed by atoms with Gasteiger partial charge in [-0.15, -0.1) is 12.4 Å². The number of ether oxygens (including phenoxy) is 1. The van der Waals surface area contributed by atoms with E-state index in [1.54, 1.807) is 0 Å². The minimum absolute atomic E-state index is 0. The molecule has 0 radical (unpaired) electrons. The Balaban J connectivity index is 0.00000180. The molecule has 1 aliphatic heterocycles. The number of halogens is 2. The smallest absolute Gasteiger partial charge is 0.0582 e. The predicted molar refractivity (Wildman–Crippen MR) is 80.1 cm³/mol. The Morgan fingerprint density at radius 1 is 1.37 bits per heavy atom. The molecule has 0 aromatic heterocycles. The zero-order valence-corrected chi connectivity index (χ0v) is 12.4. The average molecular weight is 306 g/mol. The van der Waals surface area contributed by atoms with E-state index in [-0.39, 0.29) is 30.5 Å². The highest BCUT2D eigenvalue weighted by molar-refractivity contribution is 6.30. The van der Waals surface area contributed by atoms with Crippen molar-refractivity contribution in [2.45, 2.75) is 30.7 Å². The number of aliphatic hydroxyl groups excluding tert-OH is 1. The molecule has 3 nitrogen and oxygen atoms in total. The van der Waals surface area contributed by atoms with Gasteiger partial charge in [-0.25, -0.2) is 0 Å². The molecule has 19 heavy (non-hydrogen) atoms. The van der Waals surface area contributed by atoms with Crippen LogP contribution >= 0.6 is 24.0 Å². The summed E-state index contributed by atoms with van der Waals surface area (Å²) >= 11 is 6.08. The van der Waals surface area contributed by atoms with Gasteiger partial charge >= 0.3 is 0 Å². The van der Waals surface area contributed by atoms with Crippen molar-refractivity contribution in [1.82, 2.24) is 0 Å². The van der Waals surface area contributed by atoms with Gasteiger partial charge in [0.15, 0.2) is 0 Å². The molecule has 1 saturated heterocycles. The minimum Gasteiger partial charge on any atom is -0.395 e. The van der Waals surface area contributed by atoms with Crippen LogP contribution in [0.2, 0.25) is 5.02 Å². The maximum atomic E-state index is 9.20. The second kappa shape index (κ2) is 7.46. The van der Waals surface area contributed by atoms with Gasteiger partial charge in [-0.05, 0) is 37.0 Å². The fourth-order valence-electron chi connectivity index (χ4n) is 2.76. The highest BCUT2D eigenvalue weighted by Gasteiger charge is 2.35. The highest BCUT2D eigenvalue weighted by atomic mass is 35.5. The van der Waals surface area contributed by atoms with Crippen molar-refractivity contribution in [2.75, 3.05) is 19.8 Å². The van der Waals surface area contributed by atoms with Crippen LogP contribution in [0.4, 0.5) is 0 Å². The summed E-state index contributed by atoms with van der Waals surface area (Å²) < 4.78 is 5.46. The van der Waals surface area contributed by atoms with Crippen LogP contribution in [-0.4, -0.2) is 31.0 Å². The Bertz CT molecular complexity index is 395. The second-order valence-electron chi connectivity index (χ2n) is 5.05. The van der Waals surface area contributed by atoms with E-state index in [2.05, 4.69) is 6.07 Å². The monoisotopic (exact) mass is 305 g/mol. The Kier molecular flexibility index (Phi) is 6.57. The zero-order valence-electron chi connectivity index (χ0n) is 10.8. The van der Waals surface area contributed by atoms with Gasteiger partial charge < -0.3 is 15.6 Å². The van der Waals surface area contributed by atoms with E-state index < -0.39 is 0 Å². The van der Waals surface area contributed by atoms with Crippen molar-refractivity contribution >= 4 is 24.0 Å². The fraction of sp³-hybridized carbons (Fsp3) is 0.571. The summed E-state index contributed by atoms with van der Waals surface area (Å²) in [4.78, 5) is 0. The third-order valence-corrected chi connectivity index (χ3v) is 4.01. The largest absolute Gasteiger partial charge is 0.395 e. The SMILES string of the molecule is Cl.NC(CO)CC1(c2cccc(Cl)c2)CCOCC1. The molecule has 2 rings (SSSR count). The Morgan fingerprint density at radius 3 is 2.63 bits per heavy atom. The third-order valence-electron chi connectivity index (χ3n) is 3.77. The Labute approximate surface area is 125 Å². The Morgan fingerprint density at radius 2 is 2.05 bits per heavy atom. The number of rotatable bonds is 4. The van der Waals surface area contributed by atoms with Crippen LogP contribution in [0.3, 0.4) is 0 Å². The molecule has 0 spiro atoms. The average Bonchev–Trinajstić information content (AvgIpc) is 2.39. The van der Waals surface area contributed by atoms with E-state index in [0.717, 1.165) is 37.5 Å². The van der Waals surface area contributed by atoms with Gasteiger partial charge in [0.25, 0.3) is 0 Å². The van der Waals surface area contributed by atoms with Crippen LogP contribution in [0.1, 0.15) is 24.8 Å². The quantitative estimate of drug-likeness (QED) is 0.899. The van der Waals surface area contributed by atoms with E-state index >= 15 is 0 Å². The van der Waals surface area contributed by atoms with Gasteiger partial charge in [0.05, 0.1) is 6.61 Å². The molecule has 1 fully saturated rings. The first kappa shape index (κ1) is 16.7. The van der Waals surface area contributed by atoms with Crippen LogP contribution < -0.4 is 5.73 Å². The summed E-state index contributed by atoms with van der Waals surface area (Å²) in [6.45, 7) is 1.50. The number of hydrogen-bond donors (Lipinski definition) is 2. The van der Waals surface area contributed by atoms with Crippen molar-refractivity contribution < 1.29 is 9.84 Å². The summed E-state index contributed by atoms with van der Waals surface area (Å²) in [5, 5.41) is 9.95. The van der Waals surface area contributed by atoms with E-state index in [9.17, 15) is 5.11 Å². The van der Waals surface area contributed by atoms with Gasteiger partial charge in [-0.1, -0.05) is 23.7 Å². The highest BCUT2D eigenvalue weighted by Crippen LogP contribution is 2.39. The van der Waals surface area contributed by atoms with Gasteiger partial charge in [0, 0.05) is 29.7 Å². The van der Waals surface area contributed by atoms with Gasteiger partial charge in [-0.2, -0.15) is 0 Å². The minimum atomic E-state index is -0.193. The maximum Gasteiger partial charge on any atom is 0.0582 e. The topological polar surface area (TPSA) is 55.5 Å². The molecule has 108 valence electrons. The molecule has 0 aliphatic carbocycles. The van der Waals surface area contributed by atoms with Crippen molar-refractivity contribution in [3.05, 3.63) is 34.9 Å². The molecular weight excluding hydrogens is 285 g/mol. The molecular formula is C14H21Cl2NO2.